The SMILES string of the molecule is CN(CC(=O)O)CC1CN(C(=O)c2cc(C(F)(F)F)ccc2F)CCO1. The summed E-state index contributed by atoms with van der Waals surface area (Å²) in [5, 5.41) is 8.74. The van der Waals surface area contributed by atoms with Gasteiger partial charge in [0.2, 0.25) is 0 Å². The van der Waals surface area contributed by atoms with E-state index in [1.165, 1.54) is 9.80 Å². The molecular weight excluding hydrogens is 360 g/mol. The molecule has 1 fully saturated rings. The lowest BCUT2D eigenvalue weighted by molar-refractivity contribution is -0.139. The molecular formula is C16H18F4N2O4. The van der Waals surface area contributed by atoms with Crippen molar-refractivity contribution in [1.82, 2.24) is 9.80 Å². The third-order valence-electron chi connectivity index (χ3n) is 3.87. The number of morpholine rings is 1. The van der Waals surface area contributed by atoms with Crippen molar-refractivity contribution in [3.63, 3.8) is 0 Å². The van der Waals surface area contributed by atoms with E-state index in [4.69, 9.17) is 9.84 Å². The fraction of sp³-hybridized carbons (Fsp3) is 0.500. The summed E-state index contributed by atoms with van der Waals surface area (Å²) >= 11 is 0. The highest BCUT2D eigenvalue weighted by Gasteiger charge is 2.33. The Morgan fingerprint density at radius 1 is 1.38 bits per heavy atom. The van der Waals surface area contributed by atoms with E-state index in [0.717, 1.165) is 0 Å². The van der Waals surface area contributed by atoms with Crippen LogP contribution in [-0.2, 0) is 15.7 Å². The first-order valence-electron chi connectivity index (χ1n) is 7.76. The van der Waals surface area contributed by atoms with Crippen molar-refractivity contribution < 1.29 is 37.0 Å². The predicted molar refractivity (Wildman–Crippen MR) is 82.2 cm³/mol. The van der Waals surface area contributed by atoms with Gasteiger partial charge in [-0.3, -0.25) is 14.5 Å². The van der Waals surface area contributed by atoms with Gasteiger partial charge >= 0.3 is 12.1 Å². The summed E-state index contributed by atoms with van der Waals surface area (Å²) in [6, 6.07) is 1.70. The summed E-state index contributed by atoms with van der Waals surface area (Å²) < 4.78 is 57.7. The fourth-order valence-electron chi connectivity index (χ4n) is 2.69. The van der Waals surface area contributed by atoms with Crippen molar-refractivity contribution in [1.29, 1.82) is 0 Å². The quantitative estimate of drug-likeness (QED) is 0.790. The fourth-order valence-corrected chi connectivity index (χ4v) is 2.69. The number of carboxylic acid groups (broad SMARTS) is 1. The molecule has 0 aromatic heterocycles. The van der Waals surface area contributed by atoms with Gasteiger partial charge in [-0.05, 0) is 25.2 Å². The second-order valence-corrected chi connectivity index (χ2v) is 6.03. The van der Waals surface area contributed by atoms with Crippen LogP contribution < -0.4 is 0 Å². The van der Waals surface area contributed by atoms with E-state index in [2.05, 4.69) is 0 Å². The lowest BCUT2D eigenvalue weighted by atomic mass is 10.1. The molecule has 1 unspecified atom stereocenters. The van der Waals surface area contributed by atoms with Crippen molar-refractivity contribution in [2.24, 2.45) is 0 Å². The van der Waals surface area contributed by atoms with Gasteiger partial charge in [-0.25, -0.2) is 4.39 Å². The molecule has 1 aromatic carbocycles. The average molecular weight is 378 g/mol. The number of carbonyl (C=O) groups excluding carboxylic acids is 1. The number of hydrogen-bond donors (Lipinski definition) is 1. The molecule has 0 saturated carbocycles. The van der Waals surface area contributed by atoms with E-state index in [0.29, 0.717) is 18.2 Å². The van der Waals surface area contributed by atoms with Crippen LogP contribution in [0.3, 0.4) is 0 Å². The molecule has 1 N–H and O–H groups in total. The number of nitrogens with zero attached hydrogens (tertiary/aromatic N) is 2. The smallest absolute Gasteiger partial charge is 0.416 e. The molecule has 1 saturated heterocycles. The van der Waals surface area contributed by atoms with Crippen LogP contribution in [0.25, 0.3) is 0 Å². The second-order valence-electron chi connectivity index (χ2n) is 6.03. The monoisotopic (exact) mass is 378 g/mol. The molecule has 0 spiro atoms. The highest BCUT2D eigenvalue weighted by atomic mass is 19.4. The number of alkyl halides is 3. The summed E-state index contributed by atoms with van der Waals surface area (Å²) in [6.07, 6.45) is -5.21. The Hall–Kier alpha value is -2.20. The molecule has 1 amide bonds. The van der Waals surface area contributed by atoms with Gasteiger partial charge in [0.15, 0.2) is 0 Å². The van der Waals surface area contributed by atoms with Gasteiger partial charge in [-0.15, -0.1) is 0 Å². The highest BCUT2D eigenvalue weighted by Crippen LogP contribution is 2.30. The third kappa shape index (κ3) is 5.15. The first-order valence-corrected chi connectivity index (χ1v) is 7.76. The number of carboxylic acids is 1. The first kappa shape index (κ1) is 20.1. The number of halogens is 4. The third-order valence-corrected chi connectivity index (χ3v) is 3.87. The van der Waals surface area contributed by atoms with Gasteiger partial charge in [0.1, 0.15) is 5.82 Å². The Balaban J connectivity index is 2.10. The average Bonchev–Trinajstić information content (AvgIpc) is 2.53. The number of likely N-dealkylation sites (N-methyl/N-ethyl adjacent to an activating group) is 1. The first-order chi connectivity index (χ1) is 12.1. The normalized spacial score (nSPS) is 18.2. The minimum Gasteiger partial charge on any atom is -0.480 e. The predicted octanol–water partition coefficient (Wildman–Crippen LogP) is 1.70. The molecule has 144 valence electrons. The van der Waals surface area contributed by atoms with Crippen LogP contribution in [-0.4, -0.2) is 72.7 Å². The molecule has 6 nitrogen and oxygen atoms in total. The van der Waals surface area contributed by atoms with E-state index in [9.17, 15) is 27.2 Å². The van der Waals surface area contributed by atoms with Gasteiger partial charge < -0.3 is 14.7 Å². The van der Waals surface area contributed by atoms with Gasteiger partial charge in [0, 0.05) is 19.6 Å². The van der Waals surface area contributed by atoms with E-state index < -0.39 is 41.1 Å². The highest BCUT2D eigenvalue weighted by molar-refractivity contribution is 5.94. The molecule has 0 aliphatic carbocycles. The second kappa shape index (κ2) is 8.00. The van der Waals surface area contributed by atoms with Gasteiger partial charge in [-0.2, -0.15) is 13.2 Å². The molecule has 1 aliphatic rings. The Labute approximate surface area is 146 Å². The van der Waals surface area contributed by atoms with Crippen LogP contribution in [0.5, 0.6) is 0 Å². The standard InChI is InChI=1S/C16H18F4N2O4/c1-21(9-14(23)24)7-11-8-22(4-5-26-11)15(25)12-6-10(16(18,19)20)2-3-13(12)17/h2-3,6,11H,4-5,7-9H2,1H3,(H,23,24). The van der Waals surface area contributed by atoms with Crippen LogP contribution in [0.4, 0.5) is 17.6 Å². The number of benzene rings is 1. The summed E-state index contributed by atoms with van der Waals surface area (Å²) in [7, 11) is 1.56. The van der Waals surface area contributed by atoms with Crippen LogP contribution in [0.1, 0.15) is 15.9 Å². The summed E-state index contributed by atoms with van der Waals surface area (Å²) in [5.41, 5.74) is -1.76. The molecule has 26 heavy (non-hydrogen) atoms. The van der Waals surface area contributed by atoms with Crippen molar-refractivity contribution in [2.75, 3.05) is 39.8 Å². The number of ether oxygens (including phenoxy) is 1. The van der Waals surface area contributed by atoms with Gasteiger partial charge in [-0.1, -0.05) is 0 Å². The topological polar surface area (TPSA) is 70.1 Å². The molecule has 1 atom stereocenters. The zero-order valence-corrected chi connectivity index (χ0v) is 13.9. The maximum Gasteiger partial charge on any atom is 0.416 e. The van der Waals surface area contributed by atoms with Crippen molar-refractivity contribution in [2.45, 2.75) is 12.3 Å². The molecule has 1 aromatic rings. The number of rotatable bonds is 5. The van der Waals surface area contributed by atoms with Crippen LogP contribution >= 0.6 is 0 Å². The number of aliphatic carboxylic acids is 1. The van der Waals surface area contributed by atoms with Crippen molar-refractivity contribution in [3.05, 3.63) is 35.1 Å². The van der Waals surface area contributed by atoms with Crippen LogP contribution in [0.2, 0.25) is 0 Å². The summed E-state index contributed by atoms with van der Waals surface area (Å²) in [4.78, 5) is 25.8. The number of hydrogen-bond acceptors (Lipinski definition) is 4. The Bertz CT molecular complexity index is 681. The minimum atomic E-state index is -4.68. The molecule has 0 radical (unpaired) electrons. The maximum atomic E-state index is 13.9. The lowest BCUT2D eigenvalue weighted by Crippen LogP contribution is -2.49. The van der Waals surface area contributed by atoms with Crippen molar-refractivity contribution >= 4 is 11.9 Å². The number of amides is 1. The molecule has 10 heteroatoms. The van der Waals surface area contributed by atoms with E-state index in [-0.39, 0.29) is 32.8 Å². The van der Waals surface area contributed by atoms with Gasteiger partial charge in [0.25, 0.3) is 5.91 Å². The van der Waals surface area contributed by atoms with E-state index in [1.807, 2.05) is 0 Å². The van der Waals surface area contributed by atoms with E-state index in [1.54, 1.807) is 7.05 Å². The molecule has 1 aliphatic heterocycles. The Morgan fingerprint density at radius 3 is 2.69 bits per heavy atom. The van der Waals surface area contributed by atoms with Crippen LogP contribution in [0.15, 0.2) is 18.2 Å². The summed E-state index contributed by atoms with van der Waals surface area (Å²) in [6.45, 7) is 0.237. The minimum absolute atomic E-state index is 0.0263. The zero-order valence-electron chi connectivity index (χ0n) is 13.9. The van der Waals surface area contributed by atoms with E-state index >= 15 is 0 Å². The molecule has 2 rings (SSSR count). The van der Waals surface area contributed by atoms with Gasteiger partial charge in [0.05, 0.1) is 30.4 Å². The molecule has 0 bridgehead atoms. The molecule has 1 heterocycles. The number of carbonyl (C=O) groups is 2. The maximum absolute atomic E-state index is 13.9. The lowest BCUT2D eigenvalue weighted by Gasteiger charge is -2.34. The Morgan fingerprint density at radius 2 is 2.08 bits per heavy atom. The Kier molecular flexibility index (Phi) is 6.19. The van der Waals surface area contributed by atoms with Crippen LogP contribution in [0, 0.1) is 5.82 Å². The van der Waals surface area contributed by atoms with Crippen molar-refractivity contribution in [3.8, 4) is 0 Å². The zero-order chi connectivity index (χ0) is 19.5. The largest absolute Gasteiger partial charge is 0.480 e. The summed E-state index contributed by atoms with van der Waals surface area (Å²) in [5.74, 6) is -2.92.